The van der Waals surface area contributed by atoms with Gasteiger partial charge in [-0.05, 0) is 37.6 Å². The number of methoxy groups -OCH3 is 1. The van der Waals surface area contributed by atoms with E-state index < -0.39 is 30.5 Å². The molecule has 2 atom stereocenters. The minimum Gasteiger partial charge on any atom is -0.465 e. The van der Waals surface area contributed by atoms with E-state index >= 15 is 0 Å². The van der Waals surface area contributed by atoms with Crippen LogP contribution in [-0.2, 0) is 23.9 Å². The lowest BCUT2D eigenvalue weighted by molar-refractivity contribution is -0.155. The molecule has 0 aromatic heterocycles. The zero-order chi connectivity index (χ0) is 19.6. The van der Waals surface area contributed by atoms with Gasteiger partial charge in [0.05, 0.1) is 17.5 Å². The average molecular weight is 392 g/mol. The van der Waals surface area contributed by atoms with Crippen molar-refractivity contribution in [1.29, 1.82) is 0 Å². The van der Waals surface area contributed by atoms with Gasteiger partial charge in [-0.3, -0.25) is 9.59 Å². The Morgan fingerprint density at radius 1 is 1.30 bits per heavy atom. The highest BCUT2D eigenvalue weighted by Crippen LogP contribution is 2.47. The number of amides is 2. The summed E-state index contributed by atoms with van der Waals surface area (Å²) in [6.45, 7) is 1.50. The number of anilines is 1. The standard InChI is InChI=1S/C18H20N2O6S/c1-18-8-7-15(22)20(18)13(10-27-18)17(24)26-9-14(21)19-12-5-3-11(4-6-12)16(23)25-2/h3-6,13H,7-10H2,1-2H3,(H,19,21)/t13-,18+/m1/s1. The molecule has 0 spiro atoms. The number of carbonyl (C=O) groups is 4. The number of hydrogen-bond acceptors (Lipinski definition) is 7. The Bertz CT molecular complexity index is 781. The van der Waals surface area contributed by atoms with Crippen molar-refractivity contribution in [3.63, 3.8) is 0 Å². The van der Waals surface area contributed by atoms with E-state index in [-0.39, 0.29) is 10.8 Å². The van der Waals surface area contributed by atoms with E-state index in [1.54, 1.807) is 28.8 Å². The van der Waals surface area contributed by atoms with E-state index in [0.717, 1.165) is 0 Å². The van der Waals surface area contributed by atoms with Crippen molar-refractivity contribution in [2.75, 3.05) is 24.8 Å². The number of carbonyl (C=O) groups excluding carboxylic acids is 4. The Labute approximate surface area is 160 Å². The topological polar surface area (TPSA) is 102 Å². The summed E-state index contributed by atoms with van der Waals surface area (Å²) in [6.07, 6.45) is 1.14. The van der Waals surface area contributed by atoms with Gasteiger partial charge in [0.15, 0.2) is 6.61 Å². The molecule has 2 fully saturated rings. The smallest absolute Gasteiger partial charge is 0.337 e. The summed E-state index contributed by atoms with van der Waals surface area (Å²) in [4.78, 5) is 49.0. The molecule has 1 aromatic carbocycles. The summed E-state index contributed by atoms with van der Waals surface area (Å²) in [5.74, 6) is -1.13. The van der Waals surface area contributed by atoms with Crippen molar-refractivity contribution in [3.05, 3.63) is 29.8 Å². The van der Waals surface area contributed by atoms with Gasteiger partial charge in [-0.1, -0.05) is 0 Å². The zero-order valence-electron chi connectivity index (χ0n) is 15.0. The van der Waals surface area contributed by atoms with Gasteiger partial charge in [-0.15, -0.1) is 11.8 Å². The van der Waals surface area contributed by atoms with E-state index in [9.17, 15) is 19.2 Å². The molecule has 144 valence electrons. The Morgan fingerprint density at radius 3 is 2.67 bits per heavy atom. The lowest BCUT2D eigenvalue weighted by Gasteiger charge is -2.29. The molecule has 0 aliphatic carbocycles. The Balaban J connectivity index is 1.51. The first kappa shape index (κ1) is 19.2. The zero-order valence-corrected chi connectivity index (χ0v) is 15.8. The predicted octanol–water partition coefficient (Wildman–Crippen LogP) is 1.41. The van der Waals surface area contributed by atoms with Crippen molar-refractivity contribution in [3.8, 4) is 0 Å². The molecular weight excluding hydrogens is 372 g/mol. The van der Waals surface area contributed by atoms with Crippen molar-refractivity contribution < 1.29 is 28.7 Å². The Kier molecular flexibility index (Phi) is 5.41. The summed E-state index contributed by atoms with van der Waals surface area (Å²) >= 11 is 1.56. The number of fused-ring (bicyclic) bond motifs is 1. The molecular formula is C18H20N2O6S. The van der Waals surface area contributed by atoms with Gasteiger partial charge < -0.3 is 19.7 Å². The Hall–Kier alpha value is -2.55. The van der Waals surface area contributed by atoms with Crippen LogP contribution in [0.25, 0.3) is 0 Å². The quantitative estimate of drug-likeness (QED) is 0.756. The number of hydrogen-bond donors (Lipinski definition) is 1. The summed E-state index contributed by atoms with van der Waals surface area (Å²) in [6, 6.07) is 5.48. The molecule has 0 bridgehead atoms. The molecule has 0 unspecified atom stereocenters. The third-order valence-corrected chi connectivity index (χ3v) is 6.16. The fourth-order valence-electron chi connectivity index (χ4n) is 3.23. The van der Waals surface area contributed by atoms with Crippen LogP contribution in [0.2, 0.25) is 0 Å². The van der Waals surface area contributed by atoms with Gasteiger partial charge in [-0.25, -0.2) is 9.59 Å². The molecule has 27 heavy (non-hydrogen) atoms. The molecule has 0 radical (unpaired) electrons. The second kappa shape index (κ2) is 7.59. The predicted molar refractivity (Wildman–Crippen MR) is 98.1 cm³/mol. The molecule has 1 aromatic rings. The van der Waals surface area contributed by atoms with Gasteiger partial charge in [0.25, 0.3) is 5.91 Å². The summed E-state index contributed by atoms with van der Waals surface area (Å²) in [7, 11) is 1.29. The van der Waals surface area contributed by atoms with Crippen LogP contribution in [0.4, 0.5) is 5.69 Å². The lowest BCUT2D eigenvalue weighted by Crippen LogP contribution is -2.47. The fraction of sp³-hybridized carbons (Fsp3) is 0.444. The van der Waals surface area contributed by atoms with E-state index in [1.165, 1.54) is 19.2 Å². The van der Waals surface area contributed by atoms with E-state index in [1.807, 2.05) is 6.92 Å². The van der Waals surface area contributed by atoms with Gasteiger partial charge in [0.2, 0.25) is 5.91 Å². The second-order valence-electron chi connectivity index (χ2n) is 6.49. The number of benzene rings is 1. The minimum absolute atomic E-state index is 0.0559. The summed E-state index contributed by atoms with van der Waals surface area (Å²) < 4.78 is 9.71. The Morgan fingerprint density at radius 2 is 2.00 bits per heavy atom. The average Bonchev–Trinajstić information content (AvgIpc) is 3.15. The van der Waals surface area contributed by atoms with Crippen LogP contribution in [-0.4, -0.2) is 59.0 Å². The molecule has 2 aliphatic heterocycles. The van der Waals surface area contributed by atoms with Crippen LogP contribution in [0.15, 0.2) is 24.3 Å². The van der Waals surface area contributed by atoms with E-state index in [4.69, 9.17) is 4.74 Å². The molecule has 0 saturated carbocycles. The minimum atomic E-state index is -0.651. The molecule has 3 rings (SSSR count). The second-order valence-corrected chi connectivity index (χ2v) is 7.99. The maximum Gasteiger partial charge on any atom is 0.337 e. The highest BCUT2D eigenvalue weighted by atomic mass is 32.2. The van der Waals surface area contributed by atoms with Crippen molar-refractivity contribution in [2.45, 2.75) is 30.7 Å². The van der Waals surface area contributed by atoms with Gasteiger partial charge in [-0.2, -0.15) is 0 Å². The van der Waals surface area contributed by atoms with Crippen LogP contribution in [0, 0.1) is 0 Å². The molecule has 2 heterocycles. The van der Waals surface area contributed by atoms with Crippen molar-refractivity contribution >= 4 is 41.2 Å². The van der Waals surface area contributed by atoms with Crippen LogP contribution < -0.4 is 5.32 Å². The first-order valence-electron chi connectivity index (χ1n) is 8.45. The third-order valence-electron chi connectivity index (χ3n) is 4.65. The van der Waals surface area contributed by atoms with Crippen LogP contribution in [0.5, 0.6) is 0 Å². The van der Waals surface area contributed by atoms with Crippen LogP contribution in [0.3, 0.4) is 0 Å². The summed E-state index contributed by atoms with van der Waals surface area (Å²) in [5, 5.41) is 2.58. The third kappa shape index (κ3) is 3.92. The molecule has 2 saturated heterocycles. The first-order valence-corrected chi connectivity index (χ1v) is 9.43. The summed E-state index contributed by atoms with van der Waals surface area (Å²) in [5.41, 5.74) is 0.821. The highest BCUT2D eigenvalue weighted by molar-refractivity contribution is 8.01. The van der Waals surface area contributed by atoms with Gasteiger partial charge in [0.1, 0.15) is 6.04 Å². The van der Waals surface area contributed by atoms with Crippen LogP contribution in [0.1, 0.15) is 30.1 Å². The molecule has 2 aliphatic rings. The van der Waals surface area contributed by atoms with Gasteiger partial charge >= 0.3 is 11.9 Å². The molecule has 1 N–H and O–H groups in total. The number of ether oxygens (including phenoxy) is 2. The molecule has 8 nitrogen and oxygen atoms in total. The normalized spacial score (nSPS) is 23.7. The fourth-order valence-corrected chi connectivity index (χ4v) is 4.65. The number of rotatable bonds is 5. The largest absolute Gasteiger partial charge is 0.465 e. The molecule has 2 amide bonds. The number of thioether (sulfide) groups is 1. The maximum atomic E-state index is 12.3. The van der Waals surface area contributed by atoms with Crippen molar-refractivity contribution in [2.24, 2.45) is 0 Å². The lowest BCUT2D eigenvalue weighted by atomic mass is 10.2. The first-order chi connectivity index (χ1) is 12.8. The van der Waals surface area contributed by atoms with Gasteiger partial charge in [0, 0.05) is 17.9 Å². The number of nitrogens with zero attached hydrogens (tertiary/aromatic N) is 1. The van der Waals surface area contributed by atoms with Crippen molar-refractivity contribution in [1.82, 2.24) is 4.90 Å². The maximum absolute atomic E-state index is 12.3. The number of nitrogens with one attached hydrogen (secondary N) is 1. The highest BCUT2D eigenvalue weighted by Gasteiger charge is 2.53. The molecule has 9 heteroatoms. The van der Waals surface area contributed by atoms with E-state index in [0.29, 0.717) is 29.8 Å². The van der Waals surface area contributed by atoms with Crippen LogP contribution >= 0.6 is 11.8 Å². The number of esters is 2. The monoisotopic (exact) mass is 392 g/mol. The van der Waals surface area contributed by atoms with E-state index in [2.05, 4.69) is 10.1 Å². The SMILES string of the molecule is COC(=O)c1ccc(NC(=O)COC(=O)[C@H]2CS[C@@]3(C)CCC(=O)N23)cc1.